The van der Waals surface area contributed by atoms with Gasteiger partial charge in [0, 0.05) is 12.1 Å². The molecule has 0 aliphatic carbocycles. The minimum Gasteiger partial charge on any atom is -0.466 e. The number of aryl methyl sites for hydroxylation is 2. The van der Waals surface area contributed by atoms with Crippen LogP contribution >= 0.6 is 24.0 Å². The molecule has 2 rings (SSSR count). The van der Waals surface area contributed by atoms with Crippen molar-refractivity contribution in [2.45, 2.75) is 44.7 Å². The van der Waals surface area contributed by atoms with Crippen LogP contribution in [0, 0.1) is 13.8 Å². The standard InChI is InChI=1S/C20H30N4O4S.HI/c1-6-22-19(24-13-20(4,25)18-10-14(2)28-15(18)3)23-12-16-8-7-9-17(11-16)29(26,27)21-5;/h7-11,21,25H,6,12-13H2,1-5H3,(H2,22,23,24);1H. The second kappa shape index (κ2) is 11.1. The van der Waals surface area contributed by atoms with E-state index in [0.717, 1.165) is 16.9 Å². The third-order valence-corrected chi connectivity index (χ3v) is 5.87. The predicted octanol–water partition coefficient (Wildman–Crippen LogP) is 2.39. The Bertz CT molecular complexity index is 971. The first-order valence-electron chi connectivity index (χ1n) is 9.43. The molecule has 0 radical (unpaired) electrons. The molecule has 0 saturated carbocycles. The van der Waals surface area contributed by atoms with Gasteiger partial charge in [-0.1, -0.05) is 12.1 Å². The van der Waals surface area contributed by atoms with Gasteiger partial charge in [-0.15, -0.1) is 24.0 Å². The SMILES string of the molecule is CCNC(=NCc1cccc(S(=O)(=O)NC)c1)NCC(C)(O)c1cc(C)oc1C.I. The van der Waals surface area contributed by atoms with Crippen molar-refractivity contribution in [2.75, 3.05) is 20.1 Å². The van der Waals surface area contributed by atoms with Gasteiger partial charge in [-0.2, -0.15) is 0 Å². The van der Waals surface area contributed by atoms with Gasteiger partial charge in [0.1, 0.15) is 17.1 Å². The highest BCUT2D eigenvalue weighted by molar-refractivity contribution is 14.0. The molecular weight excluding hydrogens is 519 g/mol. The summed E-state index contributed by atoms with van der Waals surface area (Å²) in [6, 6.07) is 8.45. The zero-order valence-electron chi connectivity index (χ0n) is 17.9. The average Bonchev–Trinajstić information content (AvgIpc) is 3.03. The summed E-state index contributed by atoms with van der Waals surface area (Å²) < 4.78 is 31.8. The summed E-state index contributed by atoms with van der Waals surface area (Å²) in [5, 5.41) is 17.1. The Balaban J connectivity index is 0.00000450. The Kier molecular flexibility index (Phi) is 9.79. The Morgan fingerprint density at radius 1 is 1.23 bits per heavy atom. The van der Waals surface area contributed by atoms with Crippen molar-refractivity contribution < 1.29 is 17.9 Å². The van der Waals surface area contributed by atoms with E-state index >= 15 is 0 Å². The topological polar surface area (TPSA) is 116 Å². The van der Waals surface area contributed by atoms with E-state index in [1.54, 1.807) is 19.1 Å². The Morgan fingerprint density at radius 3 is 2.50 bits per heavy atom. The van der Waals surface area contributed by atoms with E-state index in [2.05, 4.69) is 20.3 Å². The zero-order chi connectivity index (χ0) is 21.7. The average molecular weight is 550 g/mol. The molecule has 0 aliphatic rings. The number of aliphatic imine (C=N–C) groups is 1. The van der Waals surface area contributed by atoms with E-state index in [9.17, 15) is 13.5 Å². The first-order chi connectivity index (χ1) is 13.6. The van der Waals surface area contributed by atoms with Crippen LogP contribution in [-0.2, 0) is 22.2 Å². The molecule has 10 heteroatoms. The Morgan fingerprint density at radius 2 is 1.93 bits per heavy atom. The van der Waals surface area contributed by atoms with E-state index in [-0.39, 0.29) is 42.0 Å². The number of sulfonamides is 1. The van der Waals surface area contributed by atoms with E-state index < -0.39 is 15.6 Å². The number of rotatable bonds is 8. The van der Waals surface area contributed by atoms with Gasteiger partial charge in [-0.05, 0) is 58.5 Å². The number of nitrogens with zero attached hydrogens (tertiary/aromatic N) is 1. The van der Waals surface area contributed by atoms with Crippen molar-refractivity contribution in [3.05, 3.63) is 53.0 Å². The summed E-state index contributed by atoms with van der Waals surface area (Å²) in [5.74, 6) is 1.95. The molecule has 1 aromatic carbocycles. The highest BCUT2D eigenvalue weighted by Crippen LogP contribution is 2.26. The summed E-state index contributed by atoms with van der Waals surface area (Å²) >= 11 is 0. The third kappa shape index (κ3) is 6.96. The largest absolute Gasteiger partial charge is 0.466 e. The fourth-order valence-corrected chi connectivity index (χ4v) is 3.76. The lowest BCUT2D eigenvalue weighted by Gasteiger charge is -2.24. The van der Waals surface area contributed by atoms with E-state index in [4.69, 9.17) is 4.42 Å². The van der Waals surface area contributed by atoms with Crippen molar-refractivity contribution in [3.63, 3.8) is 0 Å². The molecule has 0 fully saturated rings. The maximum Gasteiger partial charge on any atom is 0.240 e. The normalized spacial score (nSPS) is 14.0. The smallest absolute Gasteiger partial charge is 0.240 e. The van der Waals surface area contributed by atoms with Crippen LogP contribution in [0.15, 0.2) is 44.6 Å². The quantitative estimate of drug-likeness (QED) is 0.228. The Hall–Kier alpha value is -1.63. The molecule has 0 amide bonds. The number of benzene rings is 1. The van der Waals surface area contributed by atoms with Gasteiger partial charge in [0.2, 0.25) is 10.0 Å². The fourth-order valence-electron chi connectivity index (χ4n) is 2.96. The van der Waals surface area contributed by atoms with Crippen molar-refractivity contribution in [1.29, 1.82) is 0 Å². The van der Waals surface area contributed by atoms with Gasteiger partial charge in [0.15, 0.2) is 5.96 Å². The van der Waals surface area contributed by atoms with Gasteiger partial charge in [-0.25, -0.2) is 18.1 Å². The first kappa shape index (κ1) is 26.4. The van der Waals surface area contributed by atoms with Crippen LogP contribution in [0.3, 0.4) is 0 Å². The van der Waals surface area contributed by atoms with Gasteiger partial charge in [-0.3, -0.25) is 0 Å². The number of nitrogens with one attached hydrogen (secondary N) is 3. The van der Waals surface area contributed by atoms with Crippen LogP contribution in [-0.4, -0.2) is 39.6 Å². The zero-order valence-corrected chi connectivity index (χ0v) is 21.1. The molecule has 1 heterocycles. The molecule has 0 saturated heterocycles. The van der Waals surface area contributed by atoms with Crippen LogP contribution in [0.4, 0.5) is 0 Å². The number of furan rings is 1. The van der Waals surface area contributed by atoms with Gasteiger partial charge >= 0.3 is 0 Å². The van der Waals surface area contributed by atoms with Crippen molar-refractivity contribution >= 4 is 40.0 Å². The molecule has 0 spiro atoms. The van der Waals surface area contributed by atoms with Crippen LogP contribution in [0.1, 0.15) is 36.5 Å². The van der Waals surface area contributed by atoms with Crippen molar-refractivity contribution in [3.8, 4) is 0 Å². The van der Waals surface area contributed by atoms with E-state index in [1.807, 2.05) is 32.9 Å². The van der Waals surface area contributed by atoms with E-state index in [1.165, 1.54) is 13.1 Å². The highest BCUT2D eigenvalue weighted by atomic mass is 127. The second-order valence-electron chi connectivity index (χ2n) is 7.00. The molecule has 4 N–H and O–H groups in total. The third-order valence-electron chi connectivity index (χ3n) is 4.46. The maximum absolute atomic E-state index is 12.0. The predicted molar refractivity (Wildman–Crippen MR) is 129 cm³/mol. The van der Waals surface area contributed by atoms with Crippen LogP contribution in [0.2, 0.25) is 0 Å². The molecular formula is C20H31IN4O4S. The number of hydrogen-bond acceptors (Lipinski definition) is 5. The van der Waals surface area contributed by atoms with Crippen LogP contribution < -0.4 is 15.4 Å². The lowest BCUT2D eigenvalue weighted by atomic mass is 9.96. The highest BCUT2D eigenvalue weighted by Gasteiger charge is 2.27. The molecule has 1 unspecified atom stereocenters. The summed E-state index contributed by atoms with van der Waals surface area (Å²) in [6.07, 6.45) is 0. The van der Waals surface area contributed by atoms with Crippen LogP contribution in [0.25, 0.3) is 0 Å². The van der Waals surface area contributed by atoms with E-state index in [0.29, 0.717) is 18.3 Å². The summed E-state index contributed by atoms with van der Waals surface area (Å²) in [5.41, 5.74) is 0.341. The monoisotopic (exact) mass is 550 g/mol. The lowest BCUT2D eigenvalue weighted by molar-refractivity contribution is 0.0601. The molecule has 30 heavy (non-hydrogen) atoms. The Labute approximate surface area is 195 Å². The number of aliphatic hydroxyl groups is 1. The van der Waals surface area contributed by atoms with Gasteiger partial charge < -0.3 is 20.2 Å². The fraction of sp³-hybridized carbons (Fsp3) is 0.450. The molecule has 2 aromatic rings. The number of guanidine groups is 1. The van der Waals surface area contributed by atoms with Crippen molar-refractivity contribution in [2.24, 2.45) is 4.99 Å². The summed E-state index contributed by atoms with van der Waals surface area (Å²) in [4.78, 5) is 4.70. The molecule has 168 valence electrons. The van der Waals surface area contributed by atoms with Gasteiger partial charge in [0.25, 0.3) is 0 Å². The van der Waals surface area contributed by atoms with Crippen LogP contribution in [0.5, 0.6) is 0 Å². The first-order valence-corrected chi connectivity index (χ1v) is 10.9. The lowest BCUT2D eigenvalue weighted by Crippen LogP contribution is -2.44. The minimum absolute atomic E-state index is 0. The number of halogens is 1. The van der Waals surface area contributed by atoms with Crippen molar-refractivity contribution in [1.82, 2.24) is 15.4 Å². The molecule has 1 aromatic heterocycles. The second-order valence-corrected chi connectivity index (χ2v) is 8.89. The molecule has 0 aliphatic heterocycles. The molecule has 1 atom stereocenters. The molecule has 0 bridgehead atoms. The molecule has 8 nitrogen and oxygen atoms in total. The summed E-state index contributed by atoms with van der Waals surface area (Å²) in [6.45, 7) is 8.48. The van der Waals surface area contributed by atoms with Gasteiger partial charge in [0.05, 0.1) is 18.0 Å². The summed E-state index contributed by atoms with van der Waals surface area (Å²) in [7, 11) is -2.13. The minimum atomic E-state index is -3.50. The maximum atomic E-state index is 12.0. The number of hydrogen-bond donors (Lipinski definition) is 4.